The zero-order valence-corrected chi connectivity index (χ0v) is 12.9. The summed E-state index contributed by atoms with van der Waals surface area (Å²) >= 11 is 1.43. The molecule has 5 N–H and O–H groups in total. The maximum atomic E-state index is 12.0. The zero-order valence-electron chi connectivity index (χ0n) is 12.0. The molecule has 0 bridgehead atoms. The first-order valence-corrected chi connectivity index (χ1v) is 7.79. The summed E-state index contributed by atoms with van der Waals surface area (Å²) in [6, 6.07) is 7.06. The molecule has 116 valence electrons. The molecule has 0 fully saturated rings. The summed E-state index contributed by atoms with van der Waals surface area (Å²) in [7, 11) is 0. The van der Waals surface area contributed by atoms with Gasteiger partial charge in [-0.05, 0) is 30.7 Å². The van der Waals surface area contributed by atoms with Gasteiger partial charge in [-0.25, -0.2) is 4.98 Å². The van der Waals surface area contributed by atoms with Gasteiger partial charge >= 0.3 is 0 Å². The first-order chi connectivity index (χ1) is 10.6. The SMILES string of the molecule is NCCc1nc(C(=O)NCCc2cccc(C(N)=O)c2)cs1. The number of hydrogen-bond donors (Lipinski definition) is 3. The number of amides is 2. The maximum absolute atomic E-state index is 12.0. The number of nitrogens with one attached hydrogen (secondary N) is 1. The smallest absolute Gasteiger partial charge is 0.270 e. The number of nitrogens with zero attached hydrogens (tertiary/aromatic N) is 1. The monoisotopic (exact) mass is 318 g/mol. The molecule has 1 aromatic heterocycles. The summed E-state index contributed by atoms with van der Waals surface area (Å²) in [5, 5.41) is 5.40. The van der Waals surface area contributed by atoms with E-state index in [2.05, 4.69) is 10.3 Å². The van der Waals surface area contributed by atoms with Crippen LogP contribution >= 0.6 is 11.3 Å². The van der Waals surface area contributed by atoms with Crippen LogP contribution in [0.25, 0.3) is 0 Å². The molecule has 0 aliphatic rings. The third-order valence-electron chi connectivity index (χ3n) is 3.05. The van der Waals surface area contributed by atoms with Gasteiger partial charge in [0, 0.05) is 23.9 Å². The van der Waals surface area contributed by atoms with Crippen LogP contribution in [0.1, 0.15) is 31.4 Å². The fraction of sp³-hybridized carbons (Fsp3) is 0.267. The third-order valence-corrected chi connectivity index (χ3v) is 3.96. The molecule has 0 atom stereocenters. The van der Waals surface area contributed by atoms with Crippen molar-refractivity contribution in [2.45, 2.75) is 12.8 Å². The molecule has 0 radical (unpaired) electrons. The van der Waals surface area contributed by atoms with Crippen LogP contribution in [0.4, 0.5) is 0 Å². The molecular formula is C15H18N4O2S. The molecule has 1 heterocycles. The van der Waals surface area contributed by atoms with Gasteiger partial charge in [0.2, 0.25) is 5.91 Å². The Balaban J connectivity index is 1.86. The average molecular weight is 318 g/mol. The highest BCUT2D eigenvalue weighted by Gasteiger charge is 2.10. The highest BCUT2D eigenvalue weighted by Crippen LogP contribution is 2.10. The highest BCUT2D eigenvalue weighted by atomic mass is 32.1. The number of nitrogens with two attached hydrogens (primary N) is 2. The fourth-order valence-electron chi connectivity index (χ4n) is 1.94. The summed E-state index contributed by atoms with van der Waals surface area (Å²) in [6.45, 7) is 0.982. The van der Waals surface area contributed by atoms with E-state index in [1.807, 2.05) is 6.07 Å². The molecule has 0 aliphatic carbocycles. The fourth-order valence-corrected chi connectivity index (χ4v) is 2.74. The van der Waals surface area contributed by atoms with Gasteiger partial charge in [0.1, 0.15) is 5.69 Å². The van der Waals surface area contributed by atoms with Crippen molar-refractivity contribution in [1.29, 1.82) is 0 Å². The van der Waals surface area contributed by atoms with E-state index in [0.29, 0.717) is 37.2 Å². The minimum Gasteiger partial charge on any atom is -0.366 e. The average Bonchev–Trinajstić information content (AvgIpc) is 2.96. The minimum atomic E-state index is -0.458. The molecule has 0 aliphatic heterocycles. The Kier molecular flexibility index (Phi) is 5.62. The third kappa shape index (κ3) is 4.37. The molecule has 1 aromatic carbocycles. The summed E-state index contributed by atoms with van der Waals surface area (Å²) in [6.07, 6.45) is 1.30. The number of hydrogen-bond acceptors (Lipinski definition) is 5. The molecule has 7 heteroatoms. The van der Waals surface area contributed by atoms with E-state index in [9.17, 15) is 9.59 Å². The van der Waals surface area contributed by atoms with Crippen molar-refractivity contribution in [3.05, 3.63) is 51.5 Å². The first kappa shape index (κ1) is 16.1. The Bertz CT molecular complexity index is 669. The number of rotatable bonds is 7. The van der Waals surface area contributed by atoms with E-state index < -0.39 is 5.91 Å². The van der Waals surface area contributed by atoms with E-state index in [1.165, 1.54) is 11.3 Å². The van der Waals surface area contributed by atoms with E-state index in [4.69, 9.17) is 11.5 Å². The van der Waals surface area contributed by atoms with Crippen molar-refractivity contribution < 1.29 is 9.59 Å². The summed E-state index contributed by atoms with van der Waals surface area (Å²) in [4.78, 5) is 27.3. The number of carbonyl (C=O) groups excluding carboxylic acids is 2. The van der Waals surface area contributed by atoms with Crippen molar-refractivity contribution in [3.8, 4) is 0 Å². The Morgan fingerprint density at radius 3 is 2.82 bits per heavy atom. The second-order valence-electron chi connectivity index (χ2n) is 4.74. The number of benzene rings is 1. The van der Waals surface area contributed by atoms with Gasteiger partial charge in [-0.3, -0.25) is 9.59 Å². The number of aromatic nitrogens is 1. The Hall–Kier alpha value is -2.25. The number of thiazole rings is 1. The molecule has 2 amide bonds. The summed E-state index contributed by atoms with van der Waals surface area (Å²) in [5.74, 6) is -0.661. The van der Waals surface area contributed by atoms with Crippen LogP contribution in [-0.2, 0) is 12.8 Å². The van der Waals surface area contributed by atoms with Crippen molar-refractivity contribution in [1.82, 2.24) is 10.3 Å². The summed E-state index contributed by atoms with van der Waals surface area (Å²) in [5.41, 5.74) is 12.5. The van der Waals surface area contributed by atoms with Gasteiger partial charge < -0.3 is 16.8 Å². The predicted molar refractivity (Wildman–Crippen MR) is 85.9 cm³/mol. The second-order valence-corrected chi connectivity index (χ2v) is 5.68. The minimum absolute atomic E-state index is 0.203. The van der Waals surface area contributed by atoms with Crippen LogP contribution in [0, 0.1) is 0 Å². The Morgan fingerprint density at radius 2 is 2.09 bits per heavy atom. The van der Waals surface area contributed by atoms with Crippen LogP contribution in [0.5, 0.6) is 0 Å². The highest BCUT2D eigenvalue weighted by molar-refractivity contribution is 7.09. The lowest BCUT2D eigenvalue weighted by molar-refractivity contribution is 0.0948. The van der Waals surface area contributed by atoms with Crippen LogP contribution in [-0.4, -0.2) is 29.9 Å². The molecular weight excluding hydrogens is 300 g/mol. The van der Waals surface area contributed by atoms with Gasteiger partial charge in [0.15, 0.2) is 0 Å². The van der Waals surface area contributed by atoms with E-state index >= 15 is 0 Å². The molecule has 0 spiro atoms. The molecule has 6 nitrogen and oxygen atoms in total. The summed E-state index contributed by atoms with van der Waals surface area (Å²) < 4.78 is 0. The van der Waals surface area contributed by atoms with Gasteiger partial charge in [-0.2, -0.15) is 0 Å². The second kappa shape index (κ2) is 7.67. The van der Waals surface area contributed by atoms with Crippen LogP contribution in [0.3, 0.4) is 0 Å². The molecule has 2 rings (SSSR count). The van der Waals surface area contributed by atoms with Crippen molar-refractivity contribution >= 4 is 23.2 Å². The molecule has 0 unspecified atom stereocenters. The quantitative estimate of drug-likeness (QED) is 0.698. The van der Waals surface area contributed by atoms with Gasteiger partial charge in [0.05, 0.1) is 5.01 Å². The van der Waals surface area contributed by atoms with Crippen LogP contribution in [0.15, 0.2) is 29.6 Å². The topological polar surface area (TPSA) is 111 Å². The van der Waals surface area contributed by atoms with E-state index in [-0.39, 0.29) is 5.91 Å². The molecule has 22 heavy (non-hydrogen) atoms. The maximum Gasteiger partial charge on any atom is 0.270 e. The van der Waals surface area contributed by atoms with Gasteiger partial charge in [0.25, 0.3) is 5.91 Å². The Morgan fingerprint density at radius 1 is 1.27 bits per heavy atom. The number of carbonyl (C=O) groups is 2. The standard InChI is InChI=1S/C15H18N4O2S/c16-6-4-13-19-12(9-22-13)15(21)18-7-5-10-2-1-3-11(8-10)14(17)20/h1-3,8-9H,4-7,16H2,(H2,17,20)(H,18,21). The van der Waals surface area contributed by atoms with E-state index in [0.717, 1.165) is 10.6 Å². The van der Waals surface area contributed by atoms with Crippen molar-refractivity contribution in [3.63, 3.8) is 0 Å². The van der Waals surface area contributed by atoms with Crippen LogP contribution < -0.4 is 16.8 Å². The predicted octanol–water partition coefficient (Wildman–Crippen LogP) is 0.716. The van der Waals surface area contributed by atoms with Gasteiger partial charge in [-0.15, -0.1) is 11.3 Å². The largest absolute Gasteiger partial charge is 0.366 e. The lowest BCUT2D eigenvalue weighted by Crippen LogP contribution is -2.26. The normalized spacial score (nSPS) is 10.4. The zero-order chi connectivity index (χ0) is 15.9. The molecule has 2 aromatic rings. The van der Waals surface area contributed by atoms with Crippen molar-refractivity contribution in [2.24, 2.45) is 11.5 Å². The molecule has 0 saturated carbocycles. The first-order valence-electron chi connectivity index (χ1n) is 6.91. The lowest BCUT2D eigenvalue weighted by atomic mass is 10.1. The molecule has 0 saturated heterocycles. The Labute approximate surface area is 132 Å². The van der Waals surface area contributed by atoms with Crippen molar-refractivity contribution in [2.75, 3.05) is 13.1 Å². The van der Waals surface area contributed by atoms with Gasteiger partial charge in [-0.1, -0.05) is 12.1 Å². The number of primary amides is 1. The van der Waals surface area contributed by atoms with E-state index in [1.54, 1.807) is 23.6 Å². The van der Waals surface area contributed by atoms with Crippen LogP contribution in [0.2, 0.25) is 0 Å². The lowest BCUT2D eigenvalue weighted by Gasteiger charge is -2.05.